The molecular formula is C18H17Cl6NO4. The number of ether oxygens (including phenoxy) is 1. The molecule has 3 aliphatic carbocycles. The van der Waals surface area contributed by atoms with Gasteiger partial charge in [-0.25, -0.2) is 0 Å². The highest BCUT2D eigenvalue weighted by Crippen LogP contribution is 2.79. The molecule has 1 heterocycles. The highest BCUT2D eigenvalue weighted by Gasteiger charge is 2.84. The van der Waals surface area contributed by atoms with Gasteiger partial charge >= 0.3 is 5.97 Å². The molecule has 6 atom stereocenters. The summed E-state index contributed by atoms with van der Waals surface area (Å²) < 4.78 is 3.20. The Bertz CT molecular complexity index is 876. The summed E-state index contributed by atoms with van der Waals surface area (Å²) in [5.74, 6) is -2.67. The van der Waals surface area contributed by atoms with Crippen LogP contribution in [0, 0.1) is 23.2 Å². The van der Waals surface area contributed by atoms with Crippen molar-refractivity contribution in [3.63, 3.8) is 0 Å². The summed E-state index contributed by atoms with van der Waals surface area (Å²) in [6.45, 7) is 2.92. The Morgan fingerprint density at radius 2 is 1.66 bits per heavy atom. The number of nitrogens with zero attached hydrogens (tertiary/aromatic N) is 1. The van der Waals surface area contributed by atoms with Gasteiger partial charge in [0.1, 0.15) is 16.4 Å². The van der Waals surface area contributed by atoms with Gasteiger partial charge in [0.25, 0.3) is 0 Å². The predicted octanol–water partition coefficient (Wildman–Crippen LogP) is 4.41. The number of allylic oxidation sites excluding steroid dienone is 2. The van der Waals surface area contributed by atoms with E-state index in [9.17, 15) is 14.4 Å². The Kier molecular flexibility index (Phi) is 5.04. The van der Waals surface area contributed by atoms with Crippen molar-refractivity contribution < 1.29 is 19.1 Å². The molecule has 0 aromatic heterocycles. The molecule has 2 saturated carbocycles. The number of halogens is 6. The molecule has 0 radical (unpaired) electrons. The Morgan fingerprint density at radius 1 is 1.10 bits per heavy atom. The summed E-state index contributed by atoms with van der Waals surface area (Å²) in [5.41, 5.74) is -1.01. The van der Waals surface area contributed by atoms with E-state index < -0.39 is 43.2 Å². The molecule has 0 N–H and O–H groups in total. The van der Waals surface area contributed by atoms with Gasteiger partial charge in [0.05, 0.1) is 27.9 Å². The van der Waals surface area contributed by atoms with Gasteiger partial charge in [-0.15, -0.1) is 23.2 Å². The van der Waals surface area contributed by atoms with Gasteiger partial charge in [-0.2, -0.15) is 0 Å². The van der Waals surface area contributed by atoms with E-state index in [1.165, 1.54) is 6.92 Å². The van der Waals surface area contributed by atoms with Crippen LogP contribution in [0.1, 0.15) is 26.7 Å². The monoisotopic (exact) mass is 521 g/mol. The zero-order chi connectivity index (χ0) is 21.7. The SMILES string of the molecule is CC(=O)OCCN1C(=O)[C@H]2C[C@H]3[C@@H](C[C@]2(C)C1=O)[C@@]1(Cl)C(Cl)=C(Cl)[C@@]3(Cl)C1(Cl)Cl. The van der Waals surface area contributed by atoms with E-state index in [-0.39, 0.29) is 47.9 Å². The van der Waals surface area contributed by atoms with Crippen LogP contribution in [0.3, 0.4) is 0 Å². The molecule has 0 aromatic rings. The molecule has 29 heavy (non-hydrogen) atoms. The van der Waals surface area contributed by atoms with Crippen LogP contribution in [0.25, 0.3) is 0 Å². The smallest absolute Gasteiger partial charge is 0.302 e. The Balaban J connectivity index is 1.70. The van der Waals surface area contributed by atoms with Gasteiger partial charge in [0, 0.05) is 6.92 Å². The first-order valence-corrected chi connectivity index (χ1v) is 11.3. The minimum absolute atomic E-state index is 0.00851. The molecule has 160 valence electrons. The lowest BCUT2D eigenvalue weighted by atomic mass is 9.58. The van der Waals surface area contributed by atoms with Crippen LogP contribution >= 0.6 is 69.6 Å². The normalized spacial score (nSPS) is 45.0. The van der Waals surface area contributed by atoms with Gasteiger partial charge in [0.15, 0.2) is 4.33 Å². The zero-order valence-electron chi connectivity index (χ0n) is 15.4. The Labute approximate surface area is 197 Å². The summed E-state index contributed by atoms with van der Waals surface area (Å²) in [6.07, 6.45) is 0.478. The summed E-state index contributed by atoms with van der Waals surface area (Å²) in [4.78, 5) is 35.5. The van der Waals surface area contributed by atoms with Crippen molar-refractivity contribution in [3.8, 4) is 0 Å². The third kappa shape index (κ3) is 2.41. The van der Waals surface area contributed by atoms with Gasteiger partial charge in [0.2, 0.25) is 11.8 Å². The van der Waals surface area contributed by atoms with Crippen LogP contribution in [0.2, 0.25) is 0 Å². The molecule has 1 aliphatic heterocycles. The largest absolute Gasteiger partial charge is 0.464 e. The first kappa shape index (κ1) is 22.3. The second kappa shape index (κ2) is 6.55. The van der Waals surface area contributed by atoms with Crippen LogP contribution in [0.15, 0.2) is 10.1 Å². The van der Waals surface area contributed by atoms with Crippen LogP contribution < -0.4 is 0 Å². The number of rotatable bonds is 3. The van der Waals surface area contributed by atoms with Gasteiger partial charge in [-0.1, -0.05) is 46.4 Å². The summed E-state index contributed by atoms with van der Waals surface area (Å²) in [7, 11) is 0. The summed E-state index contributed by atoms with van der Waals surface area (Å²) in [6, 6.07) is 0. The molecule has 2 amide bonds. The Morgan fingerprint density at radius 3 is 2.21 bits per heavy atom. The second-order valence-electron chi connectivity index (χ2n) is 8.38. The predicted molar refractivity (Wildman–Crippen MR) is 112 cm³/mol. The van der Waals surface area contributed by atoms with Gasteiger partial charge in [-0.3, -0.25) is 19.3 Å². The second-order valence-corrected chi connectivity index (χ2v) is 11.7. The molecule has 0 aromatic carbocycles. The lowest BCUT2D eigenvalue weighted by Gasteiger charge is -2.46. The number of carbonyl (C=O) groups excluding carboxylic acids is 3. The number of alkyl halides is 4. The van der Waals surface area contributed by atoms with Crippen LogP contribution in [0.5, 0.6) is 0 Å². The first-order chi connectivity index (χ1) is 13.3. The highest BCUT2D eigenvalue weighted by molar-refractivity contribution is 6.65. The quantitative estimate of drug-likeness (QED) is 0.312. The van der Waals surface area contributed by atoms with Crippen LogP contribution in [0.4, 0.5) is 0 Å². The van der Waals surface area contributed by atoms with Crippen molar-refractivity contribution in [2.24, 2.45) is 23.2 Å². The first-order valence-electron chi connectivity index (χ1n) is 9.07. The molecule has 1 saturated heterocycles. The average Bonchev–Trinajstić information content (AvgIpc) is 2.95. The molecule has 0 spiro atoms. The number of carbonyl (C=O) groups is 3. The van der Waals surface area contributed by atoms with E-state index in [2.05, 4.69) is 0 Å². The number of imide groups is 1. The zero-order valence-corrected chi connectivity index (χ0v) is 19.9. The lowest BCUT2D eigenvalue weighted by molar-refractivity contribution is -0.147. The lowest BCUT2D eigenvalue weighted by Crippen LogP contribution is -2.49. The standard InChI is InChI=1S/C18H17Cl6NO4/c1-7(26)29-4-3-25-13(27)9-5-8-10(6-15(9,2)14(25)28)17(22)12(20)11(19)16(8,21)18(17,23)24/h8-10H,3-6H2,1-2H3/t8-,9+,10+,15-,16+,17+/m0/s1. The fourth-order valence-electron chi connectivity index (χ4n) is 5.63. The number of fused-ring (bicyclic) bond motifs is 6. The maximum atomic E-state index is 13.2. The van der Waals surface area contributed by atoms with Gasteiger partial charge in [-0.05, 0) is 31.6 Å². The number of hydrogen-bond acceptors (Lipinski definition) is 4. The topological polar surface area (TPSA) is 63.7 Å². The van der Waals surface area contributed by atoms with E-state index in [4.69, 9.17) is 74.3 Å². The average molecular weight is 524 g/mol. The number of esters is 1. The van der Waals surface area contributed by atoms with Crippen LogP contribution in [-0.2, 0) is 19.1 Å². The van der Waals surface area contributed by atoms with Crippen molar-refractivity contribution >= 4 is 87.4 Å². The van der Waals surface area contributed by atoms with Crippen molar-refractivity contribution in [1.82, 2.24) is 4.90 Å². The summed E-state index contributed by atoms with van der Waals surface area (Å²) in [5, 5.41) is 0.182. The minimum atomic E-state index is -1.69. The molecule has 0 unspecified atom stereocenters. The molecule has 2 bridgehead atoms. The number of amides is 2. The third-order valence-corrected chi connectivity index (χ3v) is 11.4. The van der Waals surface area contributed by atoms with E-state index in [1.807, 2.05) is 0 Å². The third-order valence-electron chi connectivity index (χ3n) is 7.07. The summed E-state index contributed by atoms with van der Waals surface area (Å²) >= 11 is 39.9. The number of hydrogen-bond donors (Lipinski definition) is 0. The van der Waals surface area contributed by atoms with Crippen molar-refractivity contribution in [3.05, 3.63) is 10.1 Å². The fourth-order valence-corrected chi connectivity index (χ4v) is 8.72. The molecule has 3 fully saturated rings. The van der Waals surface area contributed by atoms with E-state index >= 15 is 0 Å². The molecule has 11 heteroatoms. The highest BCUT2D eigenvalue weighted by atomic mass is 35.5. The van der Waals surface area contributed by atoms with E-state index in [0.717, 1.165) is 4.90 Å². The number of likely N-dealkylation sites (tertiary alicyclic amines) is 1. The molecule has 5 nitrogen and oxygen atoms in total. The Hall–Kier alpha value is 0.0900. The fraction of sp³-hybridized carbons (Fsp3) is 0.722. The van der Waals surface area contributed by atoms with Gasteiger partial charge < -0.3 is 4.74 Å². The maximum absolute atomic E-state index is 13.2. The molecular weight excluding hydrogens is 507 g/mol. The van der Waals surface area contributed by atoms with Crippen molar-refractivity contribution in [2.75, 3.05) is 13.2 Å². The molecule has 4 rings (SSSR count). The van der Waals surface area contributed by atoms with Crippen molar-refractivity contribution in [2.45, 2.75) is 40.8 Å². The maximum Gasteiger partial charge on any atom is 0.302 e. The van der Waals surface area contributed by atoms with Crippen LogP contribution in [-0.4, -0.2) is 49.9 Å². The van der Waals surface area contributed by atoms with Crippen molar-refractivity contribution in [1.29, 1.82) is 0 Å². The van der Waals surface area contributed by atoms with E-state index in [0.29, 0.717) is 0 Å². The van der Waals surface area contributed by atoms with E-state index in [1.54, 1.807) is 6.92 Å². The minimum Gasteiger partial charge on any atom is -0.464 e. The molecule has 4 aliphatic rings.